The summed E-state index contributed by atoms with van der Waals surface area (Å²) in [5, 5.41) is 10.1. The van der Waals surface area contributed by atoms with Gasteiger partial charge in [-0.25, -0.2) is 4.98 Å². The van der Waals surface area contributed by atoms with Gasteiger partial charge in [0.25, 0.3) is 0 Å². The van der Waals surface area contributed by atoms with E-state index in [1.165, 1.54) is 0 Å². The van der Waals surface area contributed by atoms with Crippen molar-refractivity contribution in [3.63, 3.8) is 0 Å². The molecule has 116 valence electrons. The van der Waals surface area contributed by atoms with E-state index < -0.39 is 7.25 Å². The monoisotopic (exact) mass is 306 g/mol. The summed E-state index contributed by atoms with van der Waals surface area (Å²) in [5.74, 6) is 0.956. The second-order valence-electron chi connectivity index (χ2n) is 4.09. The number of nitrogens with two attached hydrogens (primary N) is 1. The van der Waals surface area contributed by atoms with Crippen LogP contribution in [0.1, 0.15) is 0 Å². The van der Waals surface area contributed by atoms with Crippen molar-refractivity contribution >= 4 is 24.2 Å². The molecule has 0 unspecified atom stereocenters. The Kier molecular flexibility index (Phi) is 5.64. The lowest BCUT2D eigenvalue weighted by Gasteiger charge is -2.15. The van der Waals surface area contributed by atoms with Gasteiger partial charge in [0.05, 0.1) is 7.05 Å². The van der Waals surface area contributed by atoms with Crippen LogP contribution in [-0.2, 0) is 0 Å². The Hall–Kier alpha value is -2.17. The van der Waals surface area contributed by atoms with Crippen LogP contribution in [0.4, 0.5) is 17.3 Å². The Labute approximate surface area is 118 Å². The van der Waals surface area contributed by atoms with Crippen molar-refractivity contribution in [3.05, 3.63) is 24.5 Å². The molecular formula is C10H15BF4N6. The molecule has 0 aliphatic carbocycles. The number of quaternary nitrogens is 1. The molecule has 0 radical (unpaired) electrons. The van der Waals surface area contributed by atoms with Crippen molar-refractivity contribution in [1.29, 1.82) is 0 Å². The summed E-state index contributed by atoms with van der Waals surface area (Å²) in [5.41, 5.74) is 1.57. The Bertz CT molecular complexity index is 603. The van der Waals surface area contributed by atoms with Crippen molar-refractivity contribution in [2.75, 3.05) is 21.1 Å². The fourth-order valence-electron chi connectivity index (χ4n) is 1.49. The summed E-state index contributed by atoms with van der Waals surface area (Å²) < 4.78 is 40.8. The largest absolute Gasteiger partial charge is 0.673 e. The van der Waals surface area contributed by atoms with E-state index in [2.05, 4.69) is 15.3 Å². The molecule has 0 aliphatic heterocycles. The van der Waals surface area contributed by atoms with E-state index >= 15 is 0 Å². The van der Waals surface area contributed by atoms with Crippen LogP contribution in [0.15, 0.2) is 24.5 Å². The quantitative estimate of drug-likeness (QED) is 0.667. The second kappa shape index (κ2) is 7.02. The molecule has 2 N–H and O–H groups in total. The fourth-order valence-corrected chi connectivity index (χ4v) is 1.49. The van der Waals surface area contributed by atoms with Gasteiger partial charge < -0.3 is 27.5 Å². The summed E-state index contributed by atoms with van der Waals surface area (Å²) in [6.45, 7) is 0. The Morgan fingerprint density at radius 3 is 2.48 bits per heavy atom. The first-order chi connectivity index (χ1) is 9.74. The molecule has 0 spiro atoms. The van der Waals surface area contributed by atoms with Crippen LogP contribution in [0.2, 0.25) is 0 Å². The van der Waals surface area contributed by atoms with Gasteiger partial charge in [-0.2, -0.15) is 4.68 Å². The molecule has 0 bridgehead atoms. The molecular weight excluding hydrogens is 291 g/mol. The highest BCUT2D eigenvalue weighted by molar-refractivity contribution is 6.50. The molecule has 0 saturated heterocycles. The maximum Gasteiger partial charge on any atom is 0.673 e. The topological polar surface area (TPSA) is 63.5 Å². The van der Waals surface area contributed by atoms with Crippen LogP contribution in [0, 0.1) is 0 Å². The molecule has 2 rings (SSSR count). The Morgan fingerprint density at radius 1 is 1.33 bits per heavy atom. The minimum atomic E-state index is -6.00. The minimum absolute atomic E-state index is 0.659. The van der Waals surface area contributed by atoms with Gasteiger partial charge in [0, 0.05) is 20.3 Å². The molecule has 2 heterocycles. The van der Waals surface area contributed by atoms with Gasteiger partial charge in [-0.1, -0.05) is 5.21 Å². The maximum absolute atomic E-state index is 9.75. The highest BCUT2D eigenvalue weighted by atomic mass is 19.5. The van der Waals surface area contributed by atoms with Gasteiger partial charge in [0.15, 0.2) is 5.82 Å². The van der Waals surface area contributed by atoms with Crippen LogP contribution in [0.25, 0.3) is 17.0 Å². The third-order valence-corrected chi connectivity index (χ3v) is 2.21. The molecule has 2 aromatic heterocycles. The van der Waals surface area contributed by atoms with Gasteiger partial charge >= 0.3 is 7.25 Å². The number of fused-ring (bicyclic) bond motifs is 1. The van der Waals surface area contributed by atoms with Crippen LogP contribution in [0.5, 0.6) is 0 Å². The zero-order valence-corrected chi connectivity index (χ0v) is 11.7. The molecule has 0 amide bonds. The van der Waals surface area contributed by atoms with E-state index in [1.807, 2.05) is 49.7 Å². The predicted octanol–water partition coefficient (Wildman–Crippen LogP) is 0.637. The number of halogens is 4. The highest BCUT2D eigenvalue weighted by Crippen LogP contribution is 2.13. The first-order valence-electron chi connectivity index (χ1n) is 5.95. The summed E-state index contributed by atoms with van der Waals surface area (Å²) in [4.78, 5) is 6.14. The van der Waals surface area contributed by atoms with E-state index in [0.717, 1.165) is 11.3 Å². The lowest BCUT2D eigenvalue weighted by Crippen LogP contribution is -2.73. The number of pyridine rings is 1. The summed E-state index contributed by atoms with van der Waals surface area (Å²) in [7, 11) is -0.0840. The molecule has 21 heavy (non-hydrogen) atoms. The maximum atomic E-state index is 9.75. The number of hydrogen-bond donors (Lipinski definition) is 1. The second-order valence-corrected chi connectivity index (χ2v) is 4.09. The third-order valence-electron chi connectivity index (χ3n) is 2.21. The zero-order valence-electron chi connectivity index (χ0n) is 11.7. The molecule has 6 nitrogen and oxygen atoms in total. The van der Waals surface area contributed by atoms with Gasteiger partial charge in [-0.3, -0.25) is 0 Å². The van der Waals surface area contributed by atoms with Gasteiger partial charge in [0.1, 0.15) is 11.7 Å². The van der Waals surface area contributed by atoms with E-state index in [0.29, 0.717) is 5.65 Å². The van der Waals surface area contributed by atoms with Crippen molar-refractivity contribution in [2.45, 2.75) is 0 Å². The van der Waals surface area contributed by atoms with Crippen molar-refractivity contribution in [3.8, 4) is 0 Å². The summed E-state index contributed by atoms with van der Waals surface area (Å²) in [6, 6.07) is 3.83. The van der Waals surface area contributed by atoms with Gasteiger partial charge in [-0.15, -0.1) is 5.10 Å². The fraction of sp³-hybridized carbons (Fsp3) is 0.300. The average molecular weight is 306 g/mol. The van der Waals surface area contributed by atoms with Crippen LogP contribution in [-0.4, -0.2) is 53.3 Å². The molecule has 0 atom stereocenters. The number of hydrogen-bond acceptors (Lipinski definition) is 4. The third kappa shape index (κ3) is 5.38. The van der Waals surface area contributed by atoms with Gasteiger partial charge in [0.2, 0.25) is 5.65 Å². The van der Waals surface area contributed by atoms with Crippen molar-refractivity contribution in [2.24, 2.45) is 0 Å². The number of nitrogens with zero attached hydrogens (tertiary/aromatic N) is 5. The standard InChI is InChI=1S/C10H14N6.BF4/c1-11-7-9(15(2)3)16-8-5-4-6-12-10(8)13-14-16;2-1(3,4)5/h4-7,11H,1-3H3;/q;-1/p+1. The van der Waals surface area contributed by atoms with Crippen LogP contribution < -0.4 is 5.32 Å². The first-order valence-corrected chi connectivity index (χ1v) is 5.95. The Balaban J connectivity index is 0.000000383. The predicted molar refractivity (Wildman–Crippen MR) is 71.3 cm³/mol. The lowest BCUT2D eigenvalue weighted by atomic mass is 10.3. The summed E-state index contributed by atoms with van der Waals surface area (Å²) in [6.07, 6.45) is 3.70. The highest BCUT2D eigenvalue weighted by Gasteiger charge is 2.20. The van der Waals surface area contributed by atoms with Crippen LogP contribution in [0.3, 0.4) is 0 Å². The molecule has 2 aromatic rings. The molecule has 0 aliphatic rings. The smallest absolute Gasteiger partial charge is 0.418 e. The number of aromatic nitrogens is 4. The Morgan fingerprint density at radius 2 is 1.95 bits per heavy atom. The number of rotatable bonds is 3. The molecule has 11 heteroatoms. The van der Waals surface area contributed by atoms with E-state index in [-0.39, 0.29) is 0 Å². The SMILES string of the molecule is C[NH2+]C=C(N(C)C)n1nnc2ncccc21.F[B-](F)(F)F. The van der Waals surface area contributed by atoms with E-state index in [1.54, 1.807) is 10.9 Å². The first kappa shape index (κ1) is 16.9. The average Bonchev–Trinajstić information content (AvgIpc) is 2.77. The lowest BCUT2D eigenvalue weighted by molar-refractivity contribution is -0.556. The normalized spacial score (nSPS) is 12.0. The van der Waals surface area contributed by atoms with Crippen LogP contribution >= 0.6 is 0 Å². The van der Waals surface area contributed by atoms with Gasteiger partial charge in [-0.05, 0) is 12.1 Å². The summed E-state index contributed by atoms with van der Waals surface area (Å²) >= 11 is 0. The minimum Gasteiger partial charge on any atom is -0.418 e. The van der Waals surface area contributed by atoms with E-state index in [4.69, 9.17) is 0 Å². The van der Waals surface area contributed by atoms with Crippen molar-refractivity contribution in [1.82, 2.24) is 24.9 Å². The zero-order chi connectivity index (χ0) is 16.0. The molecule has 0 aromatic carbocycles. The van der Waals surface area contributed by atoms with Crippen molar-refractivity contribution < 1.29 is 22.6 Å². The molecule has 0 fully saturated rings. The van der Waals surface area contributed by atoms with E-state index in [9.17, 15) is 17.3 Å². The molecule has 0 saturated carbocycles.